The van der Waals surface area contributed by atoms with Crippen molar-refractivity contribution in [2.45, 2.75) is 6.42 Å². The molecule has 3 aromatic rings. The van der Waals surface area contributed by atoms with Crippen molar-refractivity contribution in [3.63, 3.8) is 0 Å². The standard InChI is InChI=1S/C18H14ClN/c19-17-9-2-1-7-15(17)12-14-6-5-8-16(13-14)18-10-3-4-11-20-18/h1-11,13H,12H2. The molecule has 0 atom stereocenters. The molecule has 0 aliphatic carbocycles. The van der Waals surface area contributed by atoms with Crippen molar-refractivity contribution in [2.24, 2.45) is 0 Å². The molecule has 0 saturated carbocycles. The molecular weight excluding hydrogens is 266 g/mol. The summed E-state index contributed by atoms with van der Waals surface area (Å²) < 4.78 is 0. The van der Waals surface area contributed by atoms with Crippen LogP contribution in [0.3, 0.4) is 0 Å². The highest BCUT2D eigenvalue weighted by Crippen LogP contribution is 2.22. The van der Waals surface area contributed by atoms with Crippen LogP contribution in [0.25, 0.3) is 11.3 Å². The van der Waals surface area contributed by atoms with Crippen molar-refractivity contribution >= 4 is 11.6 Å². The lowest BCUT2D eigenvalue weighted by Crippen LogP contribution is -1.90. The molecule has 1 heterocycles. The van der Waals surface area contributed by atoms with Gasteiger partial charge in [-0.1, -0.05) is 54.1 Å². The van der Waals surface area contributed by atoms with Gasteiger partial charge in [0.15, 0.2) is 0 Å². The first-order chi connectivity index (χ1) is 9.83. The summed E-state index contributed by atoms with van der Waals surface area (Å²) in [7, 11) is 0. The fourth-order valence-corrected chi connectivity index (χ4v) is 2.44. The van der Waals surface area contributed by atoms with Crippen molar-refractivity contribution < 1.29 is 0 Å². The molecule has 2 heteroatoms. The largest absolute Gasteiger partial charge is 0.256 e. The highest BCUT2D eigenvalue weighted by molar-refractivity contribution is 6.31. The van der Waals surface area contributed by atoms with E-state index in [4.69, 9.17) is 11.6 Å². The Hall–Kier alpha value is -2.12. The molecule has 0 bridgehead atoms. The van der Waals surface area contributed by atoms with Gasteiger partial charge in [0.2, 0.25) is 0 Å². The molecule has 0 N–H and O–H groups in total. The van der Waals surface area contributed by atoms with E-state index in [1.54, 1.807) is 0 Å². The number of hydrogen-bond donors (Lipinski definition) is 0. The van der Waals surface area contributed by atoms with Gasteiger partial charge in [-0.05, 0) is 41.8 Å². The van der Waals surface area contributed by atoms with E-state index in [1.165, 1.54) is 5.56 Å². The molecule has 1 nitrogen and oxygen atoms in total. The van der Waals surface area contributed by atoms with Gasteiger partial charge in [0.25, 0.3) is 0 Å². The number of benzene rings is 2. The van der Waals surface area contributed by atoms with Gasteiger partial charge in [-0.15, -0.1) is 0 Å². The monoisotopic (exact) mass is 279 g/mol. The third kappa shape index (κ3) is 2.89. The average molecular weight is 280 g/mol. The summed E-state index contributed by atoms with van der Waals surface area (Å²) in [5, 5.41) is 0.815. The Morgan fingerprint density at radius 3 is 2.50 bits per heavy atom. The van der Waals surface area contributed by atoms with Crippen LogP contribution in [0.2, 0.25) is 5.02 Å². The second-order valence-electron chi connectivity index (χ2n) is 4.68. The van der Waals surface area contributed by atoms with Gasteiger partial charge < -0.3 is 0 Å². The van der Waals surface area contributed by atoms with Crippen molar-refractivity contribution in [2.75, 3.05) is 0 Å². The van der Waals surface area contributed by atoms with E-state index in [2.05, 4.69) is 35.3 Å². The first-order valence-corrected chi connectivity index (χ1v) is 6.94. The predicted octanol–water partition coefficient (Wildman–Crippen LogP) is 4.99. The maximum Gasteiger partial charge on any atom is 0.0702 e. The van der Waals surface area contributed by atoms with Crippen LogP contribution in [0.5, 0.6) is 0 Å². The molecule has 0 fully saturated rings. The normalized spacial score (nSPS) is 10.4. The van der Waals surface area contributed by atoms with Crippen LogP contribution in [0.15, 0.2) is 72.9 Å². The van der Waals surface area contributed by atoms with E-state index >= 15 is 0 Å². The smallest absolute Gasteiger partial charge is 0.0702 e. The van der Waals surface area contributed by atoms with E-state index in [9.17, 15) is 0 Å². The SMILES string of the molecule is Clc1ccccc1Cc1cccc(-c2ccccn2)c1. The van der Waals surface area contributed by atoms with E-state index in [0.717, 1.165) is 28.3 Å². The third-order valence-corrected chi connectivity index (χ3v) is 3.61. The van der Waals surface area contributed by atoms with E-state index in [0.29, 0.717) is 0 Å². The Morgan fingerprint density at radius 2 is 1.70 bits per heavy atom. The molecule has 3 rings (SSSR count). The Kier molecular flexibility index (Phi) is 3.80. The number of hydrogen-bond acceptors (Lipinski definition) is 1. The summed E-state index contributed by atoms with van der Waals surface area (Å²) in [6.07, 6.45) is 2.65. The molecule has 0 saturated heterocycles. The van der Waals surface area contributed by atoms with Crippen LogP contribution in [-0.4, -0.2) is 4.98 Å². The Bertz CT molecular complexity index is 707. The minimum absolute atomic E-state index is 0.815. The second kappa shape index (κ2) is 5.89. The van der Waals surface area contributed by atoms with Crippen molar-refractivity contribution in [1.82, 2.24) is 4.98 Å². The molecule has 0 aliphatic heterocycles. The molecule has 20 heavy (non-hydrogen) atoms. The topological polar surface area (TPSA) is 12.9 Å². The van der Waals surface area contributed by atoms with Gasteiger partial charge >= 0.3 is 0 Å². The lowest BCUT2D eigenvalue weighted by molar-refractivity contribution is 1.19. The Labute approximate surface area is 123 Å². The molecule has 2 aromatic carbocycles. The summed E-state index contributed by atoms with van der Waals surface area (Å²) in [5.41, 5.74) is 4.51. The van der Waals surface area contributed by atoms with Crippen LogP contribution in [0.4, 0.5) is 0 Å². The van der Waals surface area contributed by atoms with Gasteiger partial charge in [-0.25, -0.2) is 0 Å². The maximum absolute atomic E-state index is 6.22. The molecule has 0 spiro atoms. The highest BCUT2D eigenvalue weighted by atomic mass is 35.5. The fourth-order valence-electron chi connectivity index (χ4n) is 2.24. The lowest BCUT2D eigenvalue weighted by atomic mass is 10.0. The summed E-state index contributed by atoms with van der Waals surface area (Å²) in [6, 6.07) is 22.4. The van der Waals surface area contributed by atoms with Crippen LogP contribution in [0.1, 0.15) is 11.1 Å². The molecule has 0 radical (unpaired) electrons. The molecule has 98 valence electrons. The van der Waals surface area contributed by atoms with Crippen molar-refractivity contribution in [1.29, 1.82) is 0 Å². The van der Waals surface area contributed by atoms with Crippen LogP contribution in [0, 0.1) is 0 Å². The number of aromatic nitrogens is 1. The fraction of sp³-hybridized carbons (Fsp3) is 0.0556. The van der Waals surface area contributed by atoms with Gasteiger partial charge in [-0.3, -0.25) is 4.98 Å². The Morgan fingerprint density at radius 1 is 0.850 bits per heavy atom. The predicted molar refractivity (Wildman–Crippen MR) is 83.9 cm³/mol. The van der Waals surface area contributed by atoms with Gasteiger partial charge in [0, 0.05) is 16.8 Å². The van der Waals surface area contributed by atoms with E-state index < -0.39 is 0 Å². The minimum atomic E-state index is 0.815. The molecular formula is C18H14ClN. The van der Waals surface area contributed by atoms with Crippen LogP contribution in [-0.2, 0) is 6.42 Å². The summed E-state index contributed by atoms with van der Waals surface area (Å²) >= 11 is 6.22. The molecule has 0 aliphatic rings. The van der Waals surface area contributed by atoms with E-state index in [-0.39, 0.29) is 0 Å². The van der Waals surface area contributed by atoms with Gasteiger partial charge in [0.1, 0.15) is 0 Å². The van der Waals surface area contributed by atoms with E-state index in [1.807, 2.05) is 42.6 Å². The molecule has 0 unspecified atom stereocenters. The second-order valence-corrected chi connectivity index (χ2v) is 5.09. The minimum Gasteiger partial charge on any atom is -0.256 e. The summed E-state index contributed by atoms with van der Waals surface area (Å²) in [6.45, 7) is 0. The Balaban J connectivity index is 1.91. The zero-order valence-electron chi connectivity index (χ0n) is 11.0. The zero-order chi connectivity index (χ0) is 13.8. The highest BCUT2D eigenvalue weighted by Gasteiger charge is 2.03. The first-order valence-electron chi connectivity index (χ1n) is 6.57. The summed E-state index contributed by atoms with van der Waals surface area (Å²) in [5.74, 6) is 0. The van der Waals surface area contributed by atoms with Crippen molar-refractivity contribution in [3.8, 4) is 11.3 Å². The number of nitrogens with zero attached hydrogens (tertiary/aromatic N) is 1. The molecule has 0 amide bonds. The lowest BCUT2D eigenvalue weighted by Gasteiger charge is -2.06. The van der Waals surface area contributed by atoms with Crippen molar-refractivity contribution in [3.05, 3.63) is 89.1 Å². The number of halogens is 1. The maximum atomic E-state index is 6.22. The number of rotatable bonds is 3. The van der Waals surface area contributed by atoms with Crippen LogP contribution < -0.4 is 0 Å². The quantitative estimate of drug-likeness (QED) is 0.658. The zero-order valence-corrected chi connectivity index (χ0v) is 11.7. The molecule has 1 aromatic heterocycles. The first kappa shape index (κ1) is 12.9. The average Bonchev–Trinajstić information content (AvgIpc) is 2.51. The summed E-state index contributed by atoms with van der Waals surface area (Å²) in [4.78, 5) is 4.39. The van der Waals surface area contributed by atoms with Crippen LogP contribution >= 0.6 is 11.6 Å². The van der Waals surface area contributed by atoms with Gasteiger partial charge in [-0.2, -0.15) is 0 Å². The number of pyridine rings is 1. The van der Waals surface area contributed by atoms with Gasteiger partial charge in [0.05, 0.1) is 5.69 Å². The third-order valence-electron chi connectivity index (χ3n) is 3.24.